The van der Waals surface area contributed by atoms with Crippen LogP contribution in [-0.2, 0) is 10.0 Å². The zero-order valence-corrected chi connectivity index (χ0v) is 10.8. The largest absolute Gasteiger partial charge is 0.281 e. The summed E-state index contributed by atoms with van der Waals surface area (Å²) in [5.74, 6) is -0.456. The molecule has 0 radical (unpaired) electrons. The SMILES string of the molecule is Cc1cc(NS(=O)(=O)c2ccc(F)cc2Cl)n[nH]1. The Labute approximate surface area is 108 Å². The van der Waals surface area contributed by atoms with Crippen molar-refractivity contribution in [2.75, 3.05) is 4.72 Å². The number of benzene rings is 1. The molecule has 0 aliphatic heterocycles. The number of aromatic amines is 1. The summed E-state index contributed by atoms with van der Waals surface area (Å²) in [6.45, 7) is 1.73. The summed E-state index contributed by atoms with van der Waals surface area (Å²) in [5.41, 5.74) is 0.706. The van der Waals surface area contributed by atoms with E-state index in [1.54, 1.807) is 6.92 Å². The molecule has 2 rings (SSSR count). The maximum absolute atomic E-state index is 12.8. The van der Waals surface area contributed by atoms with Gasteiger partial charge in [0.25, 0.3) is 10.0 Å². The van der Waals surface area contributed by atoms with Gasteiger partial charge in [0.05, 0.1) is 5.02 Å². The molecular formula is C10H9ClFN3O2S. The lowest BCUT2D eigenvalue weighted by Crippen LogP contribution is -2.13. The number of H-pyrrole nitrogens is 1. The molecule has 0 bridgehead atoms. The van der Waals surface area contributed by atoms with Gasteiger partial charge in [0, 0.05) is 11.8 Å². The Bertz CT molecular complexity index is 684. The molecule has 2 N–H and O–H groups in total. The lowest BCUT2D eigenvalue weighted by molar-refractivity contribution is 0.599. The Kier molecular flexibility index (Phi) is 3.27. The van der Waals surface area contributed by atoms with Gasteiger partial charge in [-0.2, -0.15) is 5.10 Å². The van der Waals surface area contributed by atoms with Crippen molar-refractivity contribution in [2.45, 2.75) is 11.8 Å². The number of aromatic nitrogens is 2. The predicted molar refractivity (Wildman–Crippen MR) is 65.5 cm³/mol. The van der Waals surface area contributed by atoms with Crippen molar-refractivity contribution in [3.8, 4) is 0 Å². The first-order valence-electron chi connectivity index (χ1n) is 4.88. The summed E-state index contributed by atoms with van der Waals surface area (Å²) in [6, 6.07) is 4.58. The third kappa shape index (κ3) is 2.62. The molecule has 0 saturated heterocycles. The Balaban J connectivity index is 2.36. The zero-order valence-electron chi connectivity index (χ0n) is 9.24. The zero-order chi connectivity index (χ0) is 13.3. The molecule has 0 unspecified atom stereocenters. The second-order valence-electron chi connectivity index (χ2n) is 3.62. The normalized spacial score (nSPS) is 11.5. The van der Waals surface area contributed by atoms with Crippen molar-refractivity contribution in [1.29, 1.82) is 0 Å². The second kappa shape index (κ2) is 4.58. The second-order valence-corrected chi connectivity index (χ2v) is 5.67. The van der Waals surface area contributed by atoms with Gasteiger partial charge in [0.15, 0.2) is 5.82 Å². The molecule has 1 aromatic carbocycles. The van der Waals surface area contributed by atoms with Crippen LogP contribution in [0.25, 0.3) is 0 Å². The number of rotatable bonds is 3. The number of halogens is 2. The molecule has 5 nitrogen and oxygen atoms in total. The lowest BCUT2D eigenvalue weighted by Gasteiger charge is -2.06. The van der Waals surface area contributed by atoms with Crippen molar-refractivity contribution >= 4 is 27.4 Å². The fourth-order valence-corrected chi connectivity index (χ4v) is 2.88. The molecule has 18 heavy (non-hydrogen) atoms. The van der Waals surface area contributed by atoms with E-state index in [0.717, 1.165) is 18.2 Å². The van der Waals surface area contributed by atoms with Crippen LogP contribution in [0.2, 0.25) is 5.02 Å². The summed E-state index contributed by atoms with van der Waals surface area (Å²) in [7, 11) is -3.88. The molecule has 0 spiro atoms. The third-order valence-electron chi connectivity index (χ3n) is 2.13. The van der Waals surface area contributed by atoms with Gasteiger partial charge in [-0.25, -0.2) is 12.8 Å². The molecule has 0 saturated carbocycles. The van der Waals surface area contributed by atoms with Gasteiger partial charge >= 0.3 is 0 Å². The first kappa shape index (κ1) is 12.8. The summed E-state index contributed by atoms with van der Waals surface area (Å²) < 4.78 is 39.0. The highest BCUT2D eigenvalue weighted by molar-refractivity contribution is 7.92. The van der Waals surface area contributed by atoms with Gasteiger partial charge < -0.3 is 0 Å². The lowest BCUT2D eigenvalue weighted by atomic mass is 10.3. The van der Waals surface area contributed by atoms with Crippen LogP contribution in [0.5, 0.6) is 0 Å². The van der Waals surface area contributed by atoms with E-state index in [-0.39, 0.29) is 15.7 Å². The van der Waals surface area contributed by atoms with Crippen molar-refractivity contribution in [1.82, 2.24) is 10.2 Å². The summed E-state index contributed by atoms with van der Waals surface area (Å²) >= 11 is 5.70. The fraction of sp³-hybridized carbons (Fsp3) is 0.100. The molecule has 0 aliphatic rings. The summed E-state index contributed by atoms with van der Waals surface area (Å²) in [4.78, 5) is -0.203. The number of aryl methyl sites for hydroxylation is 1. The number of anilines is 1. The van der Waals surface area contributed by atoms with Gasteiger partial charge in [-0.05, 0) is 25.1 Å². The highest BCUT2D eigenvalue weighted by Gasteiger charge is 2.19. The van der Waals surface area contributed by atoms with E-state index in [4.69, 9.17) is 11.6 Å². The van der Waals surface area contributed by atoms with Crippen LogP contribution < -0.4 is 4.72 Å². The minimum atomic E-state index is -3.88. The van der Waals surface area contributed by atoms with E-state index in [1.807, 2.05) is 0 Å². The minimum absolute atomic E-state index is 0.146. The molecule has 1 aromatic heterocycles. The van der Waals surface area contributed by atoms with Crippen molar-refractivity contribution < 1.29 is 12.8 Å². The van der Waals surface area contributed by atoms with Crippen LogP contribution in [0.4, 0.5) is 10.2 Å². The monoisotopic (exact) mass is 289 g/mol. The first-order valence-corrected chi connectivity index (χ1v) is 6.74. The van der Waals surface area contributed by atoms with Crippen LogP contribution in [0.15, 0.2) is 29.2 Å². The molecule has 8 heteroatoms. The Morgan fingerprint density at radius 1 is 1.39 bits per heavy atom. The van der Waals surface area contributed by atoms with Gasteiger partial charge in [0.1, 0.15) is 10.7 Å². The quantitative estimate of drug-likeness (QED) is 0.910. The molecule has 0 atom stereocenters. The Morgan fingerprint density at radius 2 is 2.11 bits per heavy atom. The van der Waals surface area contributed by atoms with Crippen LogP contribution in [0.3, 0.4) is 0 Å². The maximum Gasteiger partial charge on any atom is 0.264 e. The average Bonchev–Trinajstić information content (AvgIpc) is 2.62. The molecule has 0 amide bonds. The van der Waals surface area contributed by atoms with E-state index < -0.39 is 15.8 Å². The van der Waals surface area contributed by atoms with E-state index in [1.165, 1.54) is 6.07 Å². The molecule has 96 valence electrons. The number of nitrogens with zero attached hydrogens (tertiary/aromatic N) is 1. The van der Waals surface area contributed by atoms with Crippen LogP contribution in [0, 0.1) is 12.7 Å². The highest BCUT2D eigenvalue weighted by atomic mass is 35.5. The standard InChI is InChI=1S/C10H9ClFN3O2S/c1-6-4-10(14-13-6)15-18(16,17)9-3-2-7(12)5-8(9)11/h2-5H,1H3,(H2,13,14,15). The predicted octanol–water partition coefficient (Wildman–Crippen LogP) is 2.31. The molecule has 0 aliphatic carbocycles. The number of sulfonamides is 1. The number of hydrogen-bond donors (Lipinski definition) is 2. The van der Waals surface area contributed by atoms with Crippen LogP contribution in [0.1, 0.15) is 5.69 Å². The molecule has 2 aromatic rings. The molecule has 1 heterocycles. The molecule has 0 fully saturated rings. The van der Waals surface area contributed by atoms with Crippen molar-refractivity contribution in [3.63, 3.8) is 0 Å². The van der Waals surface area contributed by atoms with E-state index in [9.17, 15) is 12.8 Å². The summed E-state index contributed by atoms with van der Waals surface area (Å²) in [6.07, 6.45) is 0. The van der Waals surface area contributed by atoms with Crippen molar-refractivity contribution in [2.24, 2.45) is 0 Å². The van der Waals surface area contributed by atoms with E-state index in [0.29, 0.717) is 5.69 Å². The smallest absolute Gasteiger partial charge is 0.264 e. The first-order chi connectivity index (χ1) is 8.38. The molecular weight excluding hydrogens is 281 g/mol. The van der Waals surface area contributed by atoms with Crippen molar-refractivity contribution in [3.05, 3.63) is 40.8 Å². The average molecular weight is 290 g/mol. The van der Waals surface area contributed by atoms with Crippen LogP contribution >= 0.6 is 11.6 Å². The highest BCUT2D eigenvalue weighted by Crippen LogP contribution is 2.24. The maximum atomic E-state index is 12.8. The van der Waals surface area contributed by atoms with E-state index in [2.05, 4.69) is 14.9 Å². The number of hydrogen-bond acceptors (Lipinski definition) is 3. The van der Waals surface area contributed by atoms with Gasteiger partial charge in [-0.3, -0.25) is 9.82 Å². The van der Waals surface area contributed by atoms with Gasteiger partial charge in [-0.15, -0.1) is 0 Å². The fourth-order valence-electron chi connectivity index (χ4n) is 1.36. The Morgan fingerprint density at radius 3 is 2.67 bits per heavy atom. The van der Waals surface area contributed by atoms with Gasteiger partial charge in [-0.1, -0.05) is 11.6 Å². The van der Waals surface area contributed by atoms with Crippen LogP contribution in [-0.4, -0.2) is 18.6 Å². The summed E-state index contributed by atoms with van der Waals surface area (Å²) in [5, 5.41) is 6.15. The Hall–Kier alpha value is -1.60. The topological polar surface area (TPSA) is 74.8 Å². The minimum Gasteiger partial charge on any atom is -0.281 e. The third-order valence-corrected chi connectivity index (χ3v) is 3.97. The number of nitrogens with one attached hydrogen (secondary N) is 2. The van der Waals surface area contributed by atoms with E-state index >= 15 is 0 Å². The van der Waals surface area contributed by atoms with Gasteiger partial charge in [0.2, 0.25) is 0 Å².